The molecule has 0 unspecified atom stereocenters. The van der Waals surface area contributed by atoms with Gasteiger partial charge in [0.25, 0.3) is 0 Å². The maximum Gasteiger partial charge on any atom is 2.00 e. The fourth-order valence-electron chi connectivity index (χ4n) is 0.674. The van der Waals surface area contributed by atoms with Crippen molar-refractivity contribution in [2.24, 2.45) is 0 Å². The van der Waals surface area contributed by atoms with Gasteiger partial charge in [0.1, 0.15) is 5.82 Å². The summed E-state index contributed by atoms with van der Waals surface area (Å²) in [5.74, 6) is -0.999. The van der Waals surface area contributed by atoms with Gasteiger partial charge in [-0.1, -0.05) is 18.2 Å². The molecule has 0 aliphatic rings. The Hall–Kier alpha value is -0.181. The largest absolute Gasteiger partial charge is 2.00 e. The molecule has 3 nitrogen and oxygen atoms in total. The third-order valence-electron chi connectivity index (χ3n) is 1.15. The van der Waals surface area contributed by atoms with Crippen molar-refractivity contribution in [1.82, 2.24) is 0 Å². The van der Waals surface area contributed by atoms with Crippen LogP contribution in [0, 0.1) is 5.82 Å². The fraction of sp³-hybridized carbons (Fsp3) is 0. The smallest absolute Gasteiger partial charge is 0.807 e. The molecule has 0 saturated carbocycles. The number of hydrogen-bond acceptors (Lipinski definition) is 3. The second-order valence-electron chi connectivity index (χ2n) is 1.95. The van der Waals surface area contributed by atoms with Gasteiger partial charge in [0.2, 0.25) is 0 Å². The van der Waals surface area contributed by atoms with Crippen LogP contribution in [0.3, 0.4) is 0 Å². The standard InChI is InChI=1S/C6H6FO3P.Cu/c7-5-3-1-2-4-6(5)11(8,9)10;/h1-4H,(H2,8,9,10);/q;+2/p-2. The molecule has 0 N–H and O–H groups in total. The van der Waals surface area contributed by atoms with Gasteiger partial charge >= 0.3 is 17.1 Å². The summed E-state index contributed by atoms with van der Waals surface area (Å²) in [6, 6.07) is 4.48. The first kappa shape index (κ1) is 11.8. The molecule has 0 saturated heterocycles. The second kappa shape index (κ2) is 4.17. The molecule has 12 heavy (non-hydrogen) atoms. The van der Waals surface area contributed by atoms with Gasteiger partial charge in [0, 0.05) is 5.30 Å². The van der Waals surface area contributed by atoms with Crippen LogP contribution in [0.25, 0.3) is 0 Å². The first-order chi connectivity index (χ1) is 5.02. The number of benzene rings is 1. The average molecular weight is 238 g/mol. The molecule has 0 aliphatic carbocycles. The summed E-state index contributed by atoms with van der Waals surface area (Å²) < 4.78 is 22.8. The summed E-state index contributed by atoms with van der Waals surface area (Å²) in [7, 11) is -4.93. The molecule has 0 atom stereocenters. The van der Waals surface area contributed by atoms with Crippen molar-refractivity contribution in [3.8, 4) is 0 Å². The Kier molecular flexibility index (Phi) is 4.11. The third kappa shape index (κ3) is 2.70. The summed E-state index contributed by atoms with van der Waals surface area (Å²) >= 11 is 0. The van der Waals surface area contributed by atoms with E-state index in [4.69, 9.17) is 0 Å². The number of halogens is 1. The van der Waals surface area contributed by atoms with E-state index >= 15 is 0 Å². The summed E-state index contributed by atoms with van der Waals surface area (Å²) in [5, 5.41) is -0.778. The molecule has 0 aromatic heterocycles. The summed E-state index contributed by atoms with van der Waals surface area (Å²) in [6.45, 7) is 0. The first-order valence-corrected chi connectivity index (χ1v) is 4.33. The molecule has 0 amide bonds. The van der Waals surface area contributed by atoms with E-state index in [-0.39, 0.29) is 17.1 Å². The van der Waals surface area contributed by atoms with Gasteiger partial charge in [-0.2, -0.15) is 0 Å². The second-order valence-corrected chi connectivity index (χ2v) is 3.43. The van der Waals surface area contributed by atoms with Crippen LogP contribution in [0.2, 0.25) is 0 Å². The van der Waals surface area contributed by atoms with E-state index in [1.807, 2.05) is 0 Å². The zero-order chi connectivity index (χ0) is 8.48. The Bertz CT molecular complexity index is 311. The summed E-state index contributed by atoms with van der Waals surface area (Å²) in [4.78, 5) is 20.6. The Morgan fingerprint density at radius 2 is 1.75 bits per heavy atom. The summed E-state index contributed by atoms with van der Waals surface area (Å²) in [6.07, 6.45) is 0. The van der Waals surface area contributed by atoms with Crippen molar-refractivity contribution < 1.29 is 35.8 Å². The van der Waals surface area contributed by atoms with E-state index < -0.39 is 18.7 Å². The van der Waals surface area contributed by atoms with Crippen LogP contribution in [0.1, 0.15) is 0 Å². The Morgan fingerprint density at radius 3 is 2.08 bits per heavy atom. The van der Waals surface area contributed by atoms with Crippen molar-refractivity contribution in [1.29, 1.82) is 0 Å². The van der Waals surface area contributed by atoms with Crippen molar-refractivity contribution in [3.63, 3.8) is 0 Å². The predicted octanol–water partition coefficient (Wildman–Crippen LogP) is -0.638. The first-order valence-electron chi connectivity index (χ1n) is 2.79. The average Bonchev–Trinajstić information content (AvgIpc) is 1.86. The van der Waals surface area contributed by atoms with E-state index in [2.05, 4.69) is 0 Å². The molecular formula is C6H4CuFO3P. The molecule has 1 aromatic carbocycles. The zero-order valence-corrected chi connectivity index (χ0v) is 7.50. The van der Waals surface area contributed by atoms with Crippen LogP contribution in [0.5, 0.6) is 0 Å². The summed E-state index contributed by atoms with van der Waals surface area (Å²) in [5.41, 5.74) is 0. The maximum absolute atomic E-state index is 12.5. The molecule has 1 aromatic rings. The van der Waals surface area contributed by atoms with Crippen LogP contribution < -0.4 is 15.1 Å². The quantitative estimate of drug-likeness (QED) is 0.482. The van der Waals surface area contributed by atoms with Crippen LogP contribution >= 0.6 is 7.60 Å². The molecule has 0 spiro atoms. The Balaban J connectivity index is 0.00000121. The molecule has 0 aliphatic heterocycles. The van der Waals surface area contributed by atoms with E-state index in [0.29, 0.717) is 0 Å². The molecule has 0 fully saturated rings. The molecule has 0 bridgehead atoms. The van der Waals surface area contributed by atoms with Crippen molar-refractivity contribution in [2.45, 2.75) is 0 Å². The molecule has 0 heterocycles. The maximum atomic E-state index is 12.5. The van der Waals surface area contributed by atoms with Gasteiger partial charge in [-0.3, -0.25) is 0 Å². The van der Waals surface area contributed by atoms with E-state index in [9.17, 15) is 18.7 Å². The number of rotatable bonds is 1. The Labute approximate surface area is 79.2 Å². The number of hydrogen-bond donors (Lipinski definition) is 0. The zero-order valence-electron chi connectivity index (χ0n) is 5.66. The molecular weight excluding hydrogens is 234 g/mol. The van der Waals surface area contributed by atoms with Gasteiger partial charge in [-0.05, 0) is 13.7 Å². The van der Waals surface area contributed by atoms with Crippen molar-refractivity contribution in [3.05, 3.63) is 30.1 Å². The third-order valence-corrected chi connectivity index (χ3v) is 2.10. The topological polar surface area (TPSA) is 63.2 Å². The van der Waals surface area contributed by atoms with Gasteiger partial charge in [0.05, 0.1) is 0 Å². The SMILES string of the molecule is O=P([O-])([O-])c1ccccc1F.[Cu+2]. The monoisotopic (exact) mass is 237 g/mol. The minimum atomic E-state index is -4.93. The van der Waals surface area contributed by atoms with Gasteiger partial charge in [-0.15, -0.1) is 0 Å². The fourth-order valence-corrected chi connectivity index (χ4v) is 1.28. The minimum absolute atomic E-state index is 0. The molecule has 69 valence electrons. The van der Waals surface area contributed by atoms with Crippen LogP contribution in [-0.2, 0) is 21.6 Å². The van der Waals surface area contributed by atoms with Gasteiger partial charge < -0.3 is 14.4 Å². The normalized spacial score (nSPS) is 10.6. The molecule has 1 rings (SSSR count). The van der Waals surface area contributed by atoms with Crippen molar-refractivity contribution in [2.75, 3.05) is 0 Å². The minimum Gasteiger partial charge on any atom is -0.807 e. The Morgan fingerprint density at radius 1 is 1.25 bits per heavy atom. The van der Waals surface area contributed by atoms with Crippen LogP contribution in [0.15, 0.2) is 24.3 Å². The van der Waals surface area contributed by atoms with Crippen molar-refractivity contribution >= 4 is 12.9 Å². The predicted molar refractivity (Wildman–Crippen MR) is 33.6 cm³/mol. The van der Waals surface area contributed by atoms with Gasteiger partial charge in [0.15, 0.2) is 0 Å². The van der Waals surface area contributed by atoms with Crippen LogP contribution in [0.4, 0.5) is 4.39 Å². The van der Waals surface area contributed by atoms with Crippen LogP contribution in [-0.4, -0.2) is 0 Å². The van der Waals surface area contributed by atoms with E-state index in [1.54, 1.807) is 0 Å². The van der Waals surface area contributed by atoms with Gasteiger partial charge in [-0.25, -0.2) is 4.39 Å². The molecule has 6 heteroatoms. The van der Waals surface area contributed by atoms with E-state index in [1.165, 1.54) is 12.1 Å². The molecule has 1 radical (unpaired) electrons. The van der Waals surface area contributed by atoms with E-state index in [0.717, 1.165) is 12.1 Å².